The molecular formula is C51H83N3O16P2. The number of carbonyl (C=O) groups is 2. The molecule has 0 spiro atoms. The average Bonchev–Trinajstić information content (AvgIpc) is 3.60. The fourth-order valence-corrected chi connectivity index (χ4v) is 9.25. The Morgan fingerprint density at radius 3 is 2.03 bits per heavy atom. The van der Waals surface area contributed by atoms with E-state index in [1.807, 2.05) is 48.6 Å². The molecule has 408 valence electrons. The fraction of sp³-hybridized carbons (Fsp3) is 0.647. The Labute approximate surface area is 426 Å². The number of esters is 2. The third-order valence-corrected chi connectivity index (χ3v) is 13.7. The number of aliphatic hydroxyl groups excluding tert-OH is 3. The molecule has 0 aliphatic carbocycles. The minimum absolute atomic E-state index is 0.0991. The Kier molecular flexibility index (Phi) is 33.8. The predicted molar refractivity (Wildman–Crippen MR) is 276 cm³/mol. The molecule has 0 aromatic carbocycles. The Balaban J connectivity index is 1.85. The predicted octanol–water partition coefficient (Wildman–Crippen LogP) is 9.33. The van der Waals surface area contributed by atoms with Gasteiger partial charge in [0.15, 0.2) is 12.3 Å². The van der Waals surface area contributed by atoms with E-state index >= 15 is 0 Å². The molecule has 1 aliphatic rings. The van der Waals surface area contributed by atoms with Crippen LogP contribution in [0.25, 0.3) is 0 Å². The van der Waals surface area contributed by atoms with E-state index in [0.717, 1.165) is 55.2 Å². The first-order valence-corrected chi connectivity index (χ1v) is 28.4. The zero-order valence-electron chi connectivity index (χ0n) is 42.5. The lowest BCUT2D eigenvalue weighted by atomic mass is 10.0. The Bertz CT molecular complexity index is 2020. The topological polar surface area (TPSA) is 286 Å². The number of phosphoric acid groups is 2. The zero-order chi connectivity index (χ0) is 53.0. The lowest BCUT2D eigenvalue weighted by molar-refractivity contribution is -0.161. The number of ether oxygens (including phenoxy) is 3. The van der Waals surface area contributed by atoms with Gasteiger partial charge in [0.1, 0.15) is 30.7 Å². The molecule has 3 unspecified atom stereocenters. The number of nitrogens with zero attached hydrogens (tertiary/aromatic N) is 2. The van der Waals surface area contributed by atoms with Crippen LogP contribution >= 0.6 is 15.6 Å². The molecule has 2 rings (SSSR count). The highest BCUT2D eigenvalue weighted by atomic mass is 31.3. The van der Waals surface area contributed by atoms with Gasteiger partial charge in [-0.2, -0.15) is 9.29 Å². The smallest absolute Gasteiger partial charge is 0.462 e. The van der Waals surface area contributed by atoms with Crippen LogP contribution in [0.4, 0.5) is 5.82 Å². The molecule has 1 aromatic heterocycles. The number of aromatic nitrogens is 2. The molecule has 0 saturated carbocycles. The van der Waals surface area contributed by atoms with Crippen molar-refractivity contribution < 1.29 is 71.4 Å². The van der Waals surface area contributed by atoms with E-state index in [4.69, 9.17) is 29.0 Å². The molecule has 19 nitrogen and oxygen atoms in total. The number of allylic oxidation sites excluding steroid dienone is 10. The van der Waals surface area contributed by atoms with Gasteiger partial charge in [-0.3, -0.25) is 23.2 Å². The molecule has 8 atom stereocenters. The second-order valence-corrected chi connectivity index (χ2v) is 21.0. The van der Waals surface area contributed by atoms with Crippen molar-refractivity contribution in [2.45, 2.75) is 186 Å². The number of phosphoric ester groups is 2. The minimum atomic E-state index is -5.45. The normalized spacial score (nSPS) is 20.2. The quantitative estimate of drug-likeness (QED) is 0.0117. The van der Waals surface area contributed by atoms with Gasteiger partial charge in [-0.1, -0.05) is 164 Å². The number of aliphatic hydroxyl groups is 3. The summed E-state index contributed by atoms with van der Waals surface area (Å²) in [5, 5.41) is 31.0. The van der Waals surface area contributed by atoms with Crippen molar-refractivity contribution in [1.82, 2.24) is 9.55 Å². The highest BCUT2D eigenvalue weighted by Gasteiger charge is 2.46. The van der Waals surface area contributed by atoms with Gasteiger partial charge in [-0.15, -0.1) is 0 Å². The van der Waals surface area contributed by atoms with Crippen LogP contribution in [0.3, 0.4) is 0 Å². The highest BCUT2D eigenvalue weighted by molar-refractivity contribution is 7.61. The number of carbonyl (C=O) groups excluding carboxylic acids is 2. The Hall–Kier alpha value is -3.84. The van der Waals surface area contributed by atoms with Crippen LogP contribution in [0.5, 0.6) is 0 Å². The van der Waals surface area contributed by atoms with Crippen LogP contribution in [0, 0.1) is 5.92 Å². The summed E-state index contributed by atoms with van der Waals surface area (Å²) in [5.41, 5.74) is 4.57. The molecule has 0 bridgehead atoms. The van der Waals surface area contributed by atoms with E-state index in [9.17, 15) is 48.6 Å². The minimum Gasteiger partial charge on any atom is -0.462 e. The molecule has 72 heavy (non-hydrogen) atoms. The fourth-order valence-electron chi connectivity index (χ4n) is 7.14. The van der Waals surface area contributed by atoms with Crippen LogP contribution in [0.15, 0.2) is 90.0 Å². The van der Waals surface area contributed by atoms with Crippen molar-refractivity contribution in [3.8, 4) is 0 Å². The summed E-state index contributed by atoms with van der Waals surface area (Å²) in [5.74, 6) is -0.677. The number of unbranched alkanes of at least 4 members (excludes halogenated alkanes) is 10. The first-order chi connectivity index (χ1) is 34.4. The number of nitrogen functional groups attached to an aromatic ring is 1. The van der Waals surface area contributed by atoms with Crippen molar-refractivity contribution >= 4 is 33.4 Å². The van der Waals surface area contributed by atoms with Crippen LogP contribution < -0.4 is 11.4 Å². The molecular weight excluding hydrogens is 973 g/mol. The van der Waals surface area contributed by atoms with E-state index in [-0.39, 0.29) is 25.1 Å². The molecule has 1 fully saturated rings. The van der Waals surface area contributed by atoms with Gasteiger partial charge >= 0.3 is 33.3 Å². The molecule has 0 radical (unpaired) electrons. The monoisotopic (exact) mass is 1060 g/mol. The Morgan fingerprint density at radius 2 is 1.38 bits per heavy atom. The lowest BCUT2D eigenvalue weighted by Gasteiger charge is -2.21. The van der Waals surface area contributed by atoms with E-state index in [0.29, 0.717) is 25.7 Å². The summed E-state index contributed by atoms with van der Waals surface area (Å²) in [4.78, 5) is 61.9. The van der Waals surface area contributed by atoms with Gasteiger partial charge in [-0.25, -0.2) is 13.9 Å². The van der Waals surface area contributed by atoms with E-state index in [2.05, 4.69) is 42.2 Å². The van der Waals surface area contributed by atoms with Crippen molar-refractivity contribution in [3.63, 3.8) is 0 Å². The first kappa shape index (κ1) is 64.3. The number of hydrogen-bond donors (Lipinski definition) is 6. The summed E-state index contributed by atoms with van der Waals surface area (Å²) in [6.45, 7) is 4.18. The molecule has 1 aromatic rings. The van der Waals surface area contributed by atoms with Crippen molar-refractivity contribution in [1.29, 1.82) is 0 Å². The van der Waals surface area contributed by atoms with E-state index in [1.165, 1.54) is 51.0 Å². The van der Waals surface area contributed by atoms with Gasteiger partial charge in [0, 0.05) is 19.0 Å². The van der Waals surface area contributed by atoms with Crippen LogP contribution in [-0.2, 0) is 46.3 Å². The van der Waals surface area contributed by atoms with Crippen LogP contribution in [0.1, 0.15) is 155 Å². The molecule has 0 amide bonds. The molecule has 7 N–H and O–H groups in total. The SMILES string of the molecule is CC/C=C\C/C=C\CC(O)/C=C/C=C\C/C=C\C/C=C\CCC(=O)O[C@H](COC(=O)CCCCCCCCCCCCCC(C)C)COP(=O)(O)OP(=O)(O)OC[C@H]1O[C@@H](n2ccc(N)nc2=O)[C@H](O)[C@@H]1O. The number of rotatable bonds is 40. The second-order valence-electron chi connectivity index (χ2n) is 18.0. The third kappa shape index (κ3) is 31.0. The zero-order valence-corrected chi connectivity index (χ0v) is 44.3. The van der Waals surface area contributed by atoms with Crippen molar-refractivity contribution in [3.05, 3.63) is 95.7 Å². The maximum atomic E-state index is 12.8. The summed E-state index contributed by atoms with van der Waals surface area (Å²) in [6.07, 6.45) is 33.2. The van der Waals surface area contributed by atoms with Crippen molar-refractivity contribution in [2.75, 3.05) is 25.6 Å². The largest absolute Gasteiger partial charge is 0.481 e. The van der Waals surface area contributed by atoms with Gasteiger partial charge < -0.3 is 45.1 Å². The van der Waals surface area contributed by atoms with Gasteiger partial charge in [0.25, 0.3) is 0 Å². The van der Waals surface area contributed by atoms with E-state index in [1.54, 1.807) is 12.2 Å². The van der Waals surface area contributed by atoms with Crippen LogP contribution in [0.2, 0.25) is 0 Å². The number of nitrogens with two attached hydrogens (primary N) is 1. The average molecular weight is 1060 g/mol. The summed E-state index contributed by atoms with van der Waals surface area (Å²) >= 11 is 0. The van der Waals surface area contributed by atoms with Crippen molar-refractivity contribution in [2.24, 2.45) is 5.92 Å². The second kappa shape index (κ2) is 37.8. The van der Waals surface area contributed by atoms with E-state index < -0.39 is 89.8 Å². The molecule has 2 heterocycles. The number of anilines is 1. The molecule has 21 heteroatoms. The van der Waals surface area contributed by atoms with Crippen LogP contribution in [-0.4, -0.2) is 96.9 Å². The summed E-state index contributed by atoms with van der Waals surface area (Å²) in [7, 11) is -10.9. The standard InChI is InChI=1S/C51H83N3O16P2/c1-4-5-6-7-22-27-32-42(55)33-28-23-18-14-11-12-16-20-25-30-35-47(57)68-43(38-65-46(56)34-29-24-19-15-10-8-9-13-17-21-26-31-41(2)3)39-66-71(61,62)70-72(63,64)67-40-44-48(58)49(59)50(69-44)54-37-36-45(52)53-51(54)60/h5-6,11-12,18,20,22-23,25,27-28,33,36-37,41-44,48-50,55,58-59H,4,7-10,13-17,19,21,24,26,29-32,34-35,38-40H2,1-3H3,(H,61,62)(H,63,64)(H2,52,53,60)/b6-5-,12-11-,23-18-,25-20-,27-22-,33-28+/t42?,43-,44-,48-,49-,50-/m1/s1. The number of hydrogen-bond acceptors (Lipinski definition) is 16. The van der Waals surface area contributed by atoms with Gasteiger partial charge in [-0.05, 0) is 56.9 Å². The lowest BCUT2D eigenvalue weighted by Crippen LogP contribution is -2.36. The summed E-state index contributed by atoms with van der Waals surface area (Å²) < 4.78 is 56.6. The summed E-state index contributed by atoms with van der Waals surface area (Å²) in [6, 6.07) is 1.24. The third-order valence-electron chi connectivity index (χ3n) is 11.1. The first-order valence-electron chi connectivity index (χ1n) is 25.4. The maximum absolute atomic E-state index is 12.8. The van der Waals surface area contributed by atoms with Gasteiger partial charge in [0.05, 0.1) is 19.3 Å². The Morgan fingerprint density at radius 1 is 0.778 bits per heavy atom. The molecule has 1 saturated heterocycles. The maximum Gasteiger partial charge on any atom is 0.481 e. The molecule has 1 aliphatic heterocycles. The highest BCUT2D eigenvalue weighted by Crippen LogP contribution is 2.60. The van der Waals surface area contributed by atoms with Gasteiger partial charge in [0.2, 0.25) is 0 Å².